The van der Waals surface area contributed by atoms with Crippen molar-refractivity contribution in [1.29, 1.82) is 0 Å². The van der Waals surface area contributed by atoms with Crippen LogP contribution in [0.1, 0.15) is 48.2 Å². The van der Waals surface area contributed by atoms with Crippen LogP contribution in [0.25, 0.3) is 0 Å². The molecule has 0 N–H and O–H groups in total. The smallest absolute Gasteiger partial charge is 0.253 e. The highest BCUT2D eigenvalue weighted by Gasteiger charge is 2.43. The predicted octanol–water partition coefficient (Wildman–Crippen LogP) is 4.06. The van der Waals surface area contributed by atoms with Gasteiger partial charge in [0.1, 0.15) is 5.60 Å². The summed E-state index contributed by atoms with van der Waals surface area (Å²) in [6.07, 6.45) is 6.44. The number of carbonyl (C=O) groups excluding carboxylic acids is 2. The number of nitrogens with zero attached hydrogens (tertiary/aromatic N) is 5. The largest absolute Gasteiger partial charge is 0.493 e. The lowest BCUT2D eigenvalue weighted by molar-refractivity contribution is -0.123. The van der Waals surface area contributed by atoms with Gasteiger partial charge in [-0.3, -0.25) is 14.5 Å². The molecule has 2 atom stereocenters. The van der Waals surface area contributed by atoms with Gasteiger partial charge in [-0.1, -0.05) is 12.2 Å². The molecule has 3 aliphatic heterocycles. The van der Waals surface area contributed by atoms with Crippen LogP contribution in [0.15, 0.2) is 53.7 Å². The summed E-state index contributed by atoms with van der Waals surface area (Å²) in [5.41, 5.74) is 3.94. The molecule has 3 heterocycles. The number of hydrogen-bond donors (Lipinski definition) is 0. The van der Waals surface area contributed by atoms with Gasteiger partial charge in [0.25, 0.3) is 11.8 Å². The summed E-state index contributed by atoms with van der Waals surface area (Å²) >= 11 is 0. The van der Waals surface area contributed by atoms with Crippen LogP contribution >= 0.6 is 0 Å². The highest BCUT2D eigenvalue weighted by molar-refractivity contribution is 6.12. The summed E-state index contributed by atoms with van der Waals surface area (Å²) < 4.78 is 11.9. The maximum absolute atomic E-state index is 13.8. The van der Waals surface area contributed by atoms with Crippen molar-refractivity contribution in [3.05, 3.63) is 65.2 Å². The summed E-state index contributed by atoms with van der Waals surface area (Å²) in [6.45, 7) is 9.38. The Labute approximate surface area is 254 Å². The second-order valence-electron chi connectivity index (χ2n) is 12.9. The Bertz CT molecular complexity index is 1440. The fourth-order valence-corrected chi connectivity index (χ4v) is 6.69. The standard InChI is InChI=1S/C34H43N5O4/c1-34(2)22-28-26(14-15-29(42-5)31(28)43-34)30-25-8-6-7-9-27(25)33(41)39(35-30)24-12-10-23(11-13-24)32(40)38-20-18-37(19-21-38)17-16-36(3)4/h6-7,10-15,25,27H,8-9,16-22H2,1-5H3. The van der Waals surface area contributed by atoms with Gasteiger partial charge in [-0.05, 0) is 77.2 Å². The van der Waals surface area contributed by atoms with Crippen molar-refractivity contribution in [3.63, 3.8) is 0 Å². The molecule has 2 amide bonds. The average molecular weight is 586 g/mol. The van der Waals surface area contributed by atoms with Gasteiger partial charge in [-0.2, -0.15) is 5.10 Å². The summed E-state index contributed by atoms with van der Waals surface area (Å²) in [6, 6.07) is 11.4. The van der Waals surface area contributed by atoms with Crippen molar-refractivity contribution in [3.8, 4) is 11.5 Å². The van der Waals surface area contributed by atoms with Crippen molar-refractivity contribution in [1.82, 2.24) is 14.7 Å². The number of hydrazone groups is 1. The molecule has 2 aromatic carbocycles. The molecule has 0 aromatic heterocycles. The third kappa shape index (κ3) is 5.80. The second-order valence-corrected chi connectivity index (χ2v) is 12.9. The number of amides is 2. The van der Waals surface area contributed by atoms with E-state index in [0.717, 1.165) is 74.7 Å². The number of benzene rings is 2. The summed E-state index contributed by atoms with van der Waals surface area (Å²) in [5.74, 6) is 1.29. The van der Waals surface area contributed by atoms with Crippen molar-refractivity contribution >= 4 is 23.2 Å². The molecule has 0 radical (unpaired) electrons. The number of ether oxygens (including phenoxy) is 2. The first-order chi connectivity index (χ1) is 20.6. The molecule has 9 nitrogen and oxygen atoms in total. The van der Waals surface area contributed by atoms with E-state index in [9.17, 15) is 9.59 Å². The number of methoxy groups -OCH3 is 1. The molecule has 228 valence electrons. The van der Waals surface area contributed by atoms with Crippen molar-refractivity contribution in [2.75, 3.05) is 65.5 Å². The molecule has 0 spiro atoms. The van der Waals surface area contributed by atoms with Gasteiger partial charge >= 0.3 is 0 Å². The van der Waals surface area contributed by atoms with Crippen molar-refractivity contribution in [2.45, 2.75) is 38.7 Å². The molecule has 9 heteroatoms. The first-order valence-corrected chi connectivity index (χ1v) is 15.4. The van der Waals surface area contributed by atoms with Gasteiger partial charge < -0.3 is 19.3 Å². The first-order valence-electron chi connectivity index (χ1n) is 15.4. The topological polar surface area (TPSA) is 77.9 Å². The number of piperazine rings is 1. The normalized spacial score (nSPS) is 23.1. The number of hydrogen-bond acceptors (Lipinski definition) is 7. The third-order valence-corrected chi connectivity index (χ3v) is 9.10. The quantitative estimate of drug-likeness (QED) is 0.456. The highest BCUT2D eigenvalue weighted by Crippen LogP contribution is 2.46. The van der Waals surface area contributed by atoms with Crippen LogP contribution in [0.2, 0.25) is 0 Å². The van der Waals surface area contributed by atoms with E-state index in [1.54, 1.807) is 12.1 Å². The zero-order valence-corrected chi connectivity index (χ0v) is 26.0. The van der Waals surface area contributed by atoms with Crippen LogP contribution in [-0.2, 0) is 11.2 Å². The minimum atomic E-state index is -0.358. The van der Waals surface area contributed by atoms with Gasteiger partial charge in [0.05, 0.1) is 24.4 Å². The van der Waals surface area contributed by atoms with E-state index in [-0.39, 0.29) is 29.3 Å². The van der Waals surface area contributed by atoms with Crippen LogP contribution in [0, 0.1) is 11.8 Å². The Morgan fingerprint density at radius 1 is 1.02 bits per heavy atom. The fourth-order valence-electron chi connectivity index (χ4n) is 6.69. The summed E-state index contributed by atoms with van der Waals surface area (Å²) in [5, 5.41) is 6.58. The minimum Gasteiger partial charge on any atom is -0.493 e. The molecular weight excluding hydrogens is 542 g/mol. The van der Waals surface area contributed by atoms with Crippen molar-refractivity contribution in [2.24, 2.45) is 16.9 Å². The Balaban J connectivity index is 1.26. The molecule has 0 saturated carbocycles. The van der Waals surface area contributed by atoms with E-state index in [0.29, 0.717) is 23.4 Å². The van der Waals surface area contributed by atoms with E-state index in [4.69, 9.17) is 14.6 Å². The molecule has 6 rings (SSSR count). The molecule has 4 aliphatic rings. The third-order valence-electron chi connectivity index (χ3n) is 9.10. The number of fused-ring (bicyclic) bond motifs is 2. The van der Waals surface area contributed by atoms with E-state index in [1.807, 2.05) is 35.2 Å². The van der Waals surface area contributed by atoms with E-state index in [2.05, 4.69) is 56.0 Å². The SMILES string of the molecule is COc1ccc(C2=NN(c3ccc(C(=O)N4CCN(CCN(C)C)CC4)cc3)C(=O)C3CC=CCC23)c2c1OC(C)(C)C2. The number of allylic oxidation sites excluding steroid dienone is 2. The maximum atomic E-state index is 13.8. The Morgan fingerprint density at radius 3 is 2.40 bits per heavy atom. The second kappa shape index (κ2) is 11.8. The Hall–Kier alpha value is -3.69. The maximum Gasteiger partial charge on any atom is 0.253 e. The van der Waals surface area contributed by atoms with E-state index >= 15 is 0 Å². The molecule has 1 saturated heterocycles. The average Bonchev–Trinajstić information content (AvgIpc) is 3.35. The lowest BCUT2D eigenvalue weighted by Crippen LogP contribution is -2.50. The van der Waals surface area contributed by atoms with E-state index < -0.39 is 0 Å². The molecule has 1 fully saturated rings. The van der Waals surface area contributed by atoms with Crippen LogP contribution in [0.5, 0.6) is 11.5 Å². The fraction of sp³-hybridized carbons (Fsp3) is 0.500. The van der Waals surface area contributed by atoms with Gasteiger partial charge in [0, 0.05) is 68.3 Å². The van der Waals surface area contributed by atoms with Crippen LogP contribution < -0.4 is 14.5 Å². The number of likely N-dealkylation sites (N-methyl/N-ethyl adjacent to an activating group) is 1. The van der Waals surface area contributed by atoms with Crippen LogP contribution in [-0.4, -0.2) is 98.3 Å². The van der Waals surface area contributed by atoms with Crippen LogP contribution in [0.3, 0.4) is 0 Å². The molecule has 0 bridgehead atoms. The van der Waals surface area contributed by atoms with Gasteiger partial charge in [0.2, 0.25) is 0 Å². The Kier molecular flexibility index (Phi) is 8.04. The monoisotopic (exact) mass is 585 g/mol. The lowest BCUT2D eigenvalue weighted by Gasteiger charge is -2.37. The van der Waals surface area contributed by atoms with Gasteiger partial charge in [-0.25, -0.2) is 5.01 Å². The predicted molar refractivity (Wildman–Crippen MR) is 168 cm³/mol. The van der Waals surface area contributed by atoms with Crippen LogP contribution in [0.4, 0.5) is 5.69 Å². The first kappa shape index (κ1) is 29.4. The molecule has 43 heavy (non-hydrogen) atoms. The zero-order chi connectivity index (χ0) is 30.3. The minimum absolute atomic E-state index is 0.00670. The highest BCUT2D eigenvalue weighted by atomic mass is 16.5. The van der Waals surface area contributed by atoms with Crippen molar-refractivity contribution < 1.29 is 19.1 Å². The summed E-state index contributed by atoms with van der Waals surface area (Å²) in [7, 11) is 5.82. The number of rotatable bonds is 7. The lowest BCUT2D eigenvalue weighted by atomic mass is 9.75. The molecular formula is C34H43N5O4. The number of anilines is 1. The number of carbonyl (C=O) groups is 2. The Morgan fingerprint density at radius 2 is 1.72 bits per heavy atom. The molecule has 1 aliphatic carbocycles. The van der Waals surface area contributed by atoms with Gasteiger partial charge in [0.15, 0.2) is 11.5 Å². The van der Waals surface area contributed by atoms with E-state index in [1.165, 1.54) is 0 Å². The zero-order valence-electron chi connectivity index (χ0n) is 26.0. The van der Waals surface area contributed by atoms with Gasteiger partial charge in [-0.15, -0.1) is 0 Å². The molecule has 2 unspecified atom stereocenters. The molecule has 2 aromatic rings. The summed E-state index contributed by atoms with van der Waals surface area (Å²) in [4.78, 5) is 33.7.